The Bertz CT molecular complexity index is 494. The summed E-state index contributed by atoms with van der Waals surface area (Å²) in [5.74, 6) is 2.47. The zero-order valence-electron chi connectivity index (χ0n) is 14.0. The third kappa shape index (κ3) is 3.88. The second kappa shape index (κ2) is 6.51. The quantitative estimate of drug-likeness (QED) is 0.788. The molecule has 1 aromatic rings. The molecule has 1 aromatic heterocycles. The number of nitrogens with zero attached hydrogens (tertiary/aromatic N) is 2. The van der Waals surface area contributed by atoms with Crippen LogP contribution in [0.1, 0.15) is 71.2 Å². The van der Waals surface area contributed by atoms with Crippen molar-refractivity contribution < 1.29 is 0 Å². The predicted molar refractivity (Wildman–Crippen MR) is 90.1 cm³/mol. The molecule has 0 aliphatic heterocycles. The highest BCUT2D eigenvalue weighted by atomic mass is 35.5. The standard InChI is InChI=1S/C17H28ClN3/c1-6-12-9-7-8-10-13(12)19-15-11(2)14(18)20-16(21-15)17(3,4)5/h12-13H,6-10H2,1-5H3,(H,19,20,21). The van der Waals surface area contributed by atoms with E-state index in [1.807, 2.05) is 6.92 Å². The van der Waals surface area contributed by atoms with Crippen molar-refractivity contribution in [1.82, 2.24) is 9.97 Å². The van der Waals surface area contributed by atoms with Crippen molar-refractivity contribution in [2.75, 3.05) is 5.32 Å². The summed E-state index contributed by atoms with van der Waals surface area (Å²) in [5.41, 5.74) is 0.870. The minimum absolute atomic E-state index is 0.0928. The molecular formula is C17H28ClN3. The van der Waals surface area contributed by atoms with Crippen LogP contribution in [0.4, 0.5) is 5.82 Å². The Morgan fingerprint density at radius 3 is 2.48 bits per heavy atom. The Labute approximate surface area is 133 Å². The van der Waals surface area contributed by atoms with Gasteiger partial charge in [0.25, 0.3) is 0 Å². The van der Waals surface area contributed by atoms with Crippen LogP contribution in [0.5, 0.6) is 0 Å². The first-order valence-corrected chi connectivity index (χ1v) is 8.52. The van der Waals surface area contributed by atoms with E-state index in [9.17, 15) is 0 Å². The largest absolute Gasteiger partial charge is 0.367 e. The SMILES string of the molecule is CCC1CCCCC1Nc1nc(C(C)(C)C)nc(Cl)c1C. The first kappa shape index (κ1) is 16.5. The molecule has 21 heavy (non-hydrogen) atoms. The molecule has 1 N–H and O–H groups in total. The molecule has 1 heterocycles. The molecule has 2 unspecified atom stereocenters. The van der Waals surface area contributed by atoms with E-state index in [1.54, 1.807) is 0 Å². The van der Waals surface area contributed by atoms with Crippen molar-refractivity contribution in [2.24, 2.45) is 5.92 Å². The Morgan fingerprint density at radius 2 is 1.86 bits per heavy atom. The van der Waals surface area contributed by atoms with E-state index in [1.165, 1.54) is 32.1 Å². The number of hydrogen-bond acceptors (Lipinski definition) is 3. The molecular weight excluding hydrogens is 282 g/mol. The van der Waals surface area contributed by atoms with E-state index in [-0.39, 0.29) is 5.41 Å². The lowest BCUT2D eigenvalue weighted by Crippen LogP contribution is -2.33. The van der Waals surface area contributed by atoms with Gasteiger partial charge < -0.3 is 5.32 Å². The first-order chi connectivity index (χ1) is 9.82. The maximum atomic E-state index is 6.32. The second-order valence-corrected chi connectivity index (χ2v) is 7.62. The van der Waals surface area contributed by atoms with Crippen LogP contribution in [0.15, 0.2) is 0 Å². The van der Waals surface area contributed by atoms with Gasteiger partial charge in [-0.1, -0.05) is 58.6 Å². The summed E-state index contributed by atoms with van der Waals surface area (Å²) in [6.45, 7) is 10.6. The zero-order valence-corrected chi connectivity index (χ0v) is 14.7. The summed E-state index contributed by atoms with van der Waals surface area (Å²) >= 11 is 6.32. The maximum Gasteiger partial charge on any atom is 0.137 e. The Morgan fingerprint density at radius 1 is 1.19 bits per heavy atom. The van der Waals surface area contributed by atoms with E-state index >= 15 is 0 Å². The number of anilines is 1. The molecule has 1 aliphatic rings. The van der Waals surface area contributed by atoms with Crippen LogP contribution in [0.2, 0.25) is 5.15 Å². The van der Waals surface area contributed by atoms with Crippen LogP contribution >= 0.6 is 11.6 Å². The second-order valence-electron chi connectivity index (χ2n) is 7.27. The van der Waals surface area contributed by atoms with Gasteiger partial charge in [-0.3, -0.25) is 0 Å². The first-order valence-electron chi connectivity index (χ1n) is 8.14. The van der Waals surface area contributed by atoms with Gasteiger partial charge in [0.15, 0.2) is 0 Å². The fraction of sp³-hybridized carbons (Fsp3) is 0.765. The van der Waals surface area contributed by atoms with E-state index in [4.69, 9.17) is 16.6 Å². The van der Waals surface area contributed by atoms with Crippen LogP contribution in [0.3, 0.4) is 0 Å². The molecule has 0 aromatic carbocycles. The molecule has 1 fully saturated rings. The van der Waals surface area contributed by atoms with Gasteiger partial charge in [0.2, 0.25) is 0 Å². The van der Waals surface area contributed by atoms with Gasteiger partial charge in [-0.05, 0) is 25.7 Å². The van der Waals surface area contributed by atoms with Gasteiger partial charge in [0.1, 0.15) is 16.8 Å². The van der Waals surface area contributed by atoms with E-state index in [2.05, 4.69) is 38.0 Å². The fourth-order valence-corrected chi connectivity index (χ4v) is 3.20. The highest BCUT2D eigenvalue weighted by Gasteiger charge is 2.26. The Kier molecular flexibility index (Phi) is 5.13. The van der Waals surface area contributed by atoms with Crippen LogP contribution in [-0.4, -0.2) is 16.0 Å². The van der Waals surface area contributed by atoms with Gasteiger partial charge in [-0.2, -0.15) is 0 Å². The number of hydrogen-bond donors (Lipinski definition) is 1. The topological polar surface area (TPSA) is 37.8 Å². The minimum Gasteiger partial charge on any atom is -0.367 e. The smallest absolute Gasteiger partial charge is 0.137 e. The van der Waals surface area contributed by atoms with Crippen molar-refractivity contribution >= 4 is 17.4 Å². The van der Waals surface area contributed by atoms with Gasteiger partial charge in [0.05, 0.1) is 0 Å². The normalized spacial score (nSPS) is 23.1. The minimum atomic E-state index is -0.0928. The summed E-state index contributed by atoms with van der Waals surface area (Å²) in [5, 5.41) is 4.24. The van der Waals surface area contributed by atoms with Crippen LogP contribution in [0.25, 0.3) is 0 Å². The average Bonchev–Trinajstić information content (AvgIpc) is 2.43. The number of rotatable bonds is 3. The van der Waals surface area contributed by atoms with Crippen molar-refractivity contribution in [3.63, 3.8) is 0 Å². The lowest BCUT2D eigenvalue weighted by Gasteiger charge is -2.32. The summed E-state index contributed by atoms with van der Waals surface area (Å²) in [6.07, 6.45) is 6.43. The summed E-state index contributed by atoms with van der Waals surface area (Å²) in [6, 6.07) is 0.515. The third-order valence-electron chi connectivity index (χ3n) is 4.51. The predicted octanol–water partition coefficient (Wildman–Crippen LogP) is 5.12. The van der Waals surface area contributed by atoms with Crippen molar-refractivity contribution in [1.29, 1.82) is 0 Å². The Balaban J connectivity index is 2.28. The third-order valence-corrected chi connectivity index (χ3v) is 4.88. The zero-order chi connectivity index (χ0) is 15.6. The molecule has 3 nitrogen and oxygen atoms in total. The molecule has 2 atom stereocenters. The highest BCUT2D eigenvalue weighted by Crippen LogP contribution is 2.32. The molecule has 2 rings (SSSR count). The summed E-state index contributed by atoms with van der Waals surface area (Å²) in [7, 11) is 0. The van der Waals surface area contributed by atoms with Gasteiger partial charge in [-0.15, -0.1) is 0 Å². The summed E-state index contributed by atoms with van der Waals surface area (Å²) in [4.78, 5) is 9.21. The van der Waals surface area contributed by atoms with Crippen LogP contribution in [0, 0.1) is 12.8 Å². The number of aromatic nitrogens is 2. The van der Waals surface area contributed by atoms with Gasteiger partial charge >= 0.3 is 0 Å². The van der Waals surface area contributed by atoms with E-state index in [0.717, 1.165) is 23.1 Å². The van der Waals surface area contributed by atoms with Crippen LogP contribution in [-0.2, 0) is 5.41 Å². The summed E-state index contributed by atoms with van der Waals surface area (Å²) < 4.78 is 0. The lowest BCUT2D eigenvalue weighted by atomic mass is 9.83. The fourth-order valence-electron chi connectivity index (χ4n) is 3.03. The van der Waals surface area contributed by atoms with Crippen LogP contribution < -0.4 is 5.32 Å². The number of nitrogens with one attached hydrogen (secondary N) is 1. The molecule has 0 bridgehead atoms. The molecule has 0 radical (unpaired) electrons. The molecule has 0 amide bonds. The molecule has 0 saturated heterocycles. The van der Waals surface area contributed by atoms with Crippen molar-refractivity contribution in [3.8, 4) is 0 Å². The van der Waals surface area contributed by atoms with Crippen molar-refractivity contribution in [3.05, 3.63) is 16.5 Å². The Hall–Kier alpha value is -0.830. The van der Waals surface area contributed by atoms with E-state index < -0.39 is 0 Å². The monoisotopic (exact) mass is 309 g/mol. The lowest BCUT2D eigenvalue weighted by molar-refractivity contribution is 0.316. The number of halogens is 1. The van der Waals surface area contributed by atoms with Crippen molar-refractivity contribution in [2.45, 2.75) is 78.2 Å². The van der Waals surface area contributed by atoms with Gasteiger partial charge in [-0.25, -0.2) is 9.97 Å². The average molecular weight is 310 g/mol. The van der Waals surface area contributed by atoms with Gasteiger partial charge in [0, 0.05) is 17.0 Å². The molecule has 4 heteroatoms. The van der Waals surface area contributed by atoms with E-state index in [0.29, 0.717) is 11.2 Å². The molecule has 1 aliphatic carbocycles. The molecule has 1 saturated carbocycles. The maximum absolute atomic E-state index is 6.32. The molecule has 0 spiro atoms. The molecule has 118 valence electrons. The highest BCUT2D eigenvalue weighted by molar-refractivity contribution is 6.30.